The van der Waals surface area contributed by atoms with E-state index in [2.05, 4.69) is 10.3 Å². The van der Waals surface area contributed by atoms with Gasteiger partial charge in [-0.15, -0.1) is 0 Å². The largest absolute Gasteiger partial charge is 0.465 e. The molecule has 3 rings (SSSR count). The summed E-state index contributed by atoms with van der Waals surface area (Å²) in [4.78, 5) is 16.3. The topological polar surface area (TPSA) is 56.1 Å². The molecule has 0 aliphatic rings. The number of anilines is 2. The minimum atomic E-state index is -0.399. The van der Waals surface area contributed by atoms with Crippen LogP contribution in [0.1, 0.15) is 30.2 Å². The zero-order valence-electron chi connectivity index (χ0n) is 13.7. The molecule has 0 radical (unpaired) electrons. The third kappa shape index (κ3) is 2.95. The molecule has 0 spiro atoms. The maximum absolute atomic E-state index is 13.1. The Bertz CT molecular complexity index is 885. The average Bonchev–Trinajstić information content (AvgIpc) is 2.93. The SMILES string of the molecule is COC(=O)c1ccc2c(c1)nc(Nc1ccc(F)cc1)n2C(C)C. The van der Waals surface area contributed by atoms with Gasteiger partial charge in [0.25, 0.3) is 0 Å². The lowest BCUT2D eigenvalue weighted by molar-refractivity contribution is 0.0601. The van der Waals surface area contributed by atoms with Crippen LogP contribution in [-0.2, 0) is 4.74 Å². The number of ether oxygens (including phenoxy) is 1. The minimum absolute atomic E-state index is 0.155. The highest BCUT2D eigenvalue weighted by Crippen LogP contribution is 2.27. The number of rotatable bonds is 4. The summed E-state index contributed by atoms with van der Waals surface area (Å²) in [6.07, 6.45) is 0. The molecule has 0 saturated carbocycles. The number of hydrogen-bond donors (Lipinski definition) is 1. The van der Waals surface area contributed by atoms with Crippen molar-refractivity contribution in [1.29, 1.82) is 0 Å². The second-order valence-electron chi connectivity index (χ2n) is 5.73. The number of methoxy groups -OCH3 is 1. The first kappa shape index (κ1) is 16.0. The first-order chi connectivity index (χ1) is 11.5. The van der Waals surface area contributed by atoms with E-state index < -0.39 is 5.97 Å². The van der Waals surface area contributed by atoms with E-state index >= 15 is 0 Å². The molecule has 1 heterocycles. The van der Waals surface area contributed by atoms with E-state index in [4.69, 9.17) is 4.74 Å². The molecular weight excluding hydrogens is 309 g/mol. The highest BCUT2D eigenvalue weighted by atomic mass is 19.1. The lowest BCUT2D eigenvalue weighted by Gasteiger charge is -2.14. The summed E-state index contributed by atoms with van der Waals surface area (Å²) < 4.78 is 19.8. The van der Waals surface area contributed by atoms with Crippen LogP contribution in [0.25, 0.3) is 11.0 Å². The molecular formula is C18H18FN3O2. The molecule has 0 aliphatic heterocycles. The van der Waals surface area contributed by atoms with Crippen LogP contribution in [0.15, 0.2) is 42.5 Å². The number of esters is 1. The molecule has 1 aromatic heterocycles. The summed E-state index contributed by atoms with van der Waals surface area (Å²) in [6.45, 7) is 4.09. The summed E-state index contributed by atoms with van der Waals surface area (Å²) in [7, 11) is 1.35. The van der Waals surface area contributed by atoms with Gasteiger partial charge in [-0.05, 0) is 56.3 Å². The normalized spacial score (nSPS) is 11.0. The van der Waals surface area contributed by atoms with Gasteiger partial charge in [-0.25, -0.2) is 14.2 Å². The Morgan fingerprint density at radius 2 is 1.92 bits per heavy atom. The van der Waals surface area contributed by atoms with Crippen LogP contribution in [0.4, 0.5) is 16.0 Å². The van der Waals surface area contributed by atoms with E-state index in [-0.39, 0.29) is 11.9 Å². The summed E-state index contributed by atoms with van der Waals surface area (Å²) in [5.41, 5.74) is 2.78. The number of benzene rings is 2. The number of hydrogen-bond acceptors (Lipinski definition) is 4. The molecule has 3 aromatic rings. The number of nitrogens with one attached hydrogen (secondary N) is 1. The van der Waals surface area contributed by atoms with E-state index in [0.29, 0.717) is 17.0 Å². The first-order valence-corrected chi connectivity index (χ1v) is 7.62. The summed E-state index contributed by atoms with van der Waals surface area (Å²) >= 11 is 0. The Morgan fingerprint density at radius 3 is 2.54 bits per heavy atom. The number of aromatic nitrogens is 2. The third-order valence-electron chi connectivity index (χ3n) is 3.73. The van der Waals surface area contributed by atoms with Crippen LogP contribution in [0.2, 0.25) is 0 Å². The van der Waals surface area contributed by atoms with E-state index in [1.54, 1.807) is 24.3 Å². The van der Waals surface area contributed by atoms with Gasteiger partial charge in [-0.3, -0.25) is 0 Å². The molecule has 0 bridgehead atoms. The van der Waals surface area contributed by atoms with Crippen molar-refractivity contribution < 1.29 is 13.9 Å². The van der Waals surface area contributed by atoms with Gasteiger partial charge in [-0.1, -0.05) is 0 Å². The standard InChI is InChI=1S/C18H18FN3O2/c1-11(2)22-16-9-4-12(17(23)24-3)10-15(16)21-18(22)20-14-7-5-13(19)6-8-14/h4-11H,1-3H3,(H,20,21). The smallest absolute Gasteiger partial charge is 0.337 e. The van der Waals surface area contributed by atoms with Gasteiger partial charge >= 0.3 is 5.97 Å². The Hall–Kier alpha value is -2.89. The number of carbonyl (C=O) groups is 1. The Balaban J connectivity index is 2.07. The summed E-state index contributed by atoms with van der Waals surface area (Å²) in [5, 5.41) is 3.20. The number of imidazole rings is 1. The number of fused-ring (bicyclic) bond motifs is 1. The molecule has 24 heavy (non-hydrogen) atoms. The molecule has 0 aliphatic carbocycles. The first-order valence-electron chi connectivity index (χ1n) is 7.62. The average molecular weight is 327 g/mol. The number of carbonyl (C=O) groups excluding carboxylic acids is 1. The highest BCUT2D eigenvalue weighted by molar-refractivity contribution is 5.94. The molecule has 0 unspecified atom stereocenters. The second kappa shape index (κ2) is 6.31. The number of nitrogens with zero attached hydrogens (tertiary/aromatic N) is 2. The van der Waals surface area contributed by atoms with Crippen LogP contribution >= 0.6 is 0 Å². The lowest BCUT2D eigenvalue weighted by Crippen LogP contribution is -2.06. The van der Waals surface area contributed by atoms with Gasteiger partial charge in [0.1, 0.15) is 5.82 Å². The molecule has 1 N–H and O–H groups in total. The second-order valence-corrected chi connectivity index (χ2v) is 5.73. The van der Waals surface area contributed by atoms with Crippen LogP contribution in [-0.4, -0.2) is 22.6 Å². The van der Waals surface area contributed by atoms with E-state index in [1.165, 1.54) is 19.2 Å². The predicted molar refractivity (Wildman–Crippen MR) is 91.1 cm³/mol. The van der Waals surface area contributed by atoms with Crippen molar-refractivity contribution in [1.82, 2.24) is 9.55 Å². The minimum Gasteiger partial charge on any atom is -0.465 e. The van der Waals surface area contributed by atoms with E-state index in [0.717, 1.165) is 11.2 Å². The van der Waals surface area contributed by atoms with Crippen molar-refractivity contribution in [2.24, 2.45) is 0 Å². The van der Waals surface area contributed by atoms with Gasteiger partial charge in [0.05, 0.1) is 23.7 Å². The van der Waals surface area contributed by atoms with Crippen LogP contribution in [0, 0.1) is 5.82 Å². The Kier molecular flexibility index (Phi) is 4.20. The molecule has 124 valence electrons. The van der Waals surface area contributed by atoms with Gasteiger partial charge in [0.2, 0.25) is 5.95 Å². The predicted octanol–water partition coefficient (Wildman–Crippen LogP) is 4.29. The van der Waals surface area contributed by atoms with Crippen molar-refractivity contribution in [2.45, 2.75) is 19.9 Å². The molecule has 0 amide bonds. The van der Waals surface area contributed by atoms with Crippen LogP contribution < -0.4 is 5.32 Å². The highest BCUT2D eigenvalue weighted by Gasteiger charge is 2.16. The van der Waals surface area contributed by atoms with Crippen molar-refractivity contribution in [3.8, 4) is 0 Å². The summed E-state index contributed by atoms with van der Waals surface area (Å²) in [6, 6.07) is 11.5. The third-order valence-corrected chi connectivity index (χ3v) is 3.73. The zero-order valence-corrected chi connectivity index (χ0v) is 13.7. The van der Waals surface area contributed by atoms with Crippen LogP contribution in [0.5, 0.6) is 0 Å². The van der Waals surface area contributed by atoms with Gasteiger partial charge in [0.15, 0.2) is 0 Å². The molecule has 2 aromatic carbocycles. The Labute approximate surface area is 139 Å². The fraction of sp³-hybridized carbons (Fsp3) is 0.222. The van der Waals surface area contributed by atoms with Crippen molar-refractivity contribution >= 4 is 28.6 Å². The summed E-state index contributed by atoms with van der Waals surface area (Å²) in [5.74, 6) is -0.0571. The fourth-order valence-electron chi connectivity index (χ4n) is 2.62. The fourth-order valence-corrected chi connectivity index (χ4v) is 2.62. The molecule has 6 heteroatoms. The lowest BCUT2D eigenvalue weighted by atomic mass is 10.2. The number of halogens is 1. The van der Waals surface area contributed by atoms with Crippen molar-refractivity contribution in [2.75, 3.05) is 12.4 Å². The molecule has 0 fully saturated rings. The monoisotopic (exact) mass is 327 g/mol. The van der Waals surface area contributed by atoms with Gasteiger partial charge < -0.3 is 14.6 Å². The molecule has 0 saturated heterocycles. The van der Waals surface area contributed by atoms with E-state index in [9.17, 15) is 9.18 Å². The Morgan fingerprint density at radius 1 is 1.21 bits per heavy atom. The maximum Gasteiger partial charge on any atom is 0.337 e. The van der Waals surface area contributed by atoms with Crippen molar-refractivity contribution in [3.05, 3.63) is 53.8 Å². The molecule has 0 atom stereocenters. The quantitative estimate of drug-likeness (QED) is 0.726. The van der Waals surface area contributed by atoms with E-state index in [1.807, 2.05) is 24.5 Å². The zero-order chi connectivity index (χ0) is 17.3. The van der Waals surface area contributed by atoms with Gasteiger partial charge in [-0.2, -0.15) is 0 Å². The van der Waals surface area contributed by atoms with Crippen LogP contribution in [0.3, 0.4) is 0 Å². The van der Waals surface area contributed by atoms with Gasteiger partial charge in [0, 0.05) is 11.7 Å². The molecule has 5 nitrogen and oxygen atoms in total. The van der Waals surface area contributed by atoms with Crippen molar-refractivity contribution in [3.63, 3.8) is 0 Å². The maximum atomic E-state index is 13.1.